The van der Waals surface area contributed by atoms with Gasteiger partial charge < -0.3 is 14.6 Å². The summed E-state index contributed by atoms with van der Waals surface area (Å²) in [5.41, 5.74) is 4.72. The van der Waals surface area contributed by atoms with Crippen molar-refractivity contribution in [3.05, 3.63) is 77.7 Å². The van der Waals surface area contributed by atoms with Gasteiger partial charge in [0.2, 0.25) is 5.91 Å². The molecule has 2 heterocycles. The van der Waals surface area contributed by atoms with Gasteiger partial charge in [-0.05, 0) is 56.0 Å². The Labute approximate surface area is 176 Å². The molecule has 0 unspecified atom stereocenters. The molecule has 2 amide bonds. The normalized spacial score (nSPS) is 16.3. The van der Waals surface area contributed by atoms with Crippen LogP contribution in [0.2, 0.25) is 0 Å². The monoisotopic (exact) mass is 402 g/mol. The molecule has 4 rings (SSSR count). The lowest BCUT2D eigenvalue weighted by Crippen LogP contribution is -2.43. The van der Waals surface area contributed by atoms with Crippen LogP contribution >= 0.6 is 0 Å². The van der Waals surface area contributed by atoms with E-state index in [1.54, 1.807) is 17.9 Å². The average Bonchev–Trinajstić information content (AvgIpc) is 3.19. The molecular weight excluding hydrogens is 376 g/mol. The second-order valence-corrected chi connectivity index (χ2v) is 7.92. The summed E-state index contributed by atoms with van der Waals surface area (Å²) in [4.78, 5) is 27.5. The van der Waals surface area contributed by atoms with E-state index in [0.717, 1.165) is 29.7 Å². The fraction of sp³-hybridized carbons (Fsp3) is 0.280. The van der Waals surface area contributed by atoms with Crippen LogP contribution in [-0.2, 0) is 4.79 Å². The van der Waals surface area contributed by atoms with Crippen molar-refractivity contribution in [2.45, 2.75) is 26.7 Å². The van der Waals surface area contributed by atoms with E-state index in [-0.39, 0.29) is 17.7 Å². The number of benzene rings is 2. The van der Waals surface area contributed by atoms with Crippen LogP contribution in [0.4, 0.5) is 5.69 Å². The standard InChI is InChI=1S/C25H26N2O3/c1-17-6-3-7-19(14-17)20-8-4-10-22(15-20)26-24(28)21-9-5-12-27(16-21)25(29)23-11-13-30-18(23)2/h3-4,6-8,10-11,13-15,21H,5,9,12,16H2,1-2H3,(H,26,28)/t21-/m1/s1. The van der Waals surface area contributed by atoms with Crippen molar-refractivity contribution in [2.75, 3.05) is 18.4 Å². The number of carbonyl (C=O) groups is 2. The summed E-state index contributed by atoms with van der Waals surface area (Å²) in [6, 6.07) is 17.9. The van der Waals surface area contributed by atoms with Gasteiger partial charge in [0.15, 0.2) is 0 Å². The Bertz CT molecular complexity index is 1070. The molecule has 2 aromatic carbocycles. The van der Waals surface area contributed by atoms with Crippen molar-refractivity contribution in [1.82, 2.24) is 4.90 Å². The van der Waals surface area contributed by atoms with Crippen LogP contribution in [0.1, 0.15) is 34.5 Å². The molecule has 0 radical (unpaired) electrons. The van der Waals surface area contributed by atoms with Crippen LogP contribution < -0.4 is 5.32 Å². The molecule has 1 aliphatic heterocycles. The van der Waals surface area contributed by atoms with Crippen molar-refractivity contribution >= 4 is 17.5 Å². The number of hydrogen-bond donors (Lipinski definition) is 1. The third kappa shape index (κ3) is 4.30. The predicted molar refractivity (Wildman–Crippen MR) is 117 cm³/mol. The minimum Gasteiger partial charge on any atom is -0.469 e. The minimum absolute atomic E-state index is 0.0437. The van der Waals surface area contributed by atoms with Gasteiger partial charge in [0, 0.05) is 18.8 Å². The van der Waals surface area contributed by atoms with Crippen LogP contribution in [-0.4, -0.2) is 29.8 Å². The van der Waals surface area contributed by atoms with Gasteiger partial charge in [-0.3, -0.25) is 9.59 Å². The average molecular weight is 402 g/mol. The van der Waals surface area contributed by atoms with Crippen molar-refractivity contribution < 1.29 is 14.0 Å². The smallest absolute Gasteiger partial charge is 0.257 e. The highest BCUT2D eigenvalue weighted by Gasteiger charge is 2.30. The summed E-state index contributed by atoms with van der Waals surface area (Å²) in [5, 5.41) is 3.05. The zero-order chi connectivity index (χ0) is 21.1. The highest BCUT2D eigenvalue weighted by molar-refractivity contribution is 5.97. The lowest BCUT2D eigenvalue weighted by Gasteiger charge is -2.32. The highest BCUT2D eigenvalue weighted by Crippen LogP contribution is 2.25. The molecule has 1 atom stereocenters. The first-order valence-corrected chi connectivity index (χ1v) is 10.3. The first-order valence-electron chi connectivity index (χ1n) is 10.3. The molecule has 0 bridgehead atoms. The molecule has 154 valence electrons. The quantitative estimate of drug-likeness (QED) is 0.664. The Morgan fingerprint density at radius 2 is 1.80 bits per heavy atom. The molecule has 0 saturated carbocycles. The molecule has 1 aromatic heterocycles. The minimum atomic E-state index is -0.225. The number of amides is 2. The van der Waals surface area contributed by atoms with Gasteiger partial charge in [0.05, 0.1) is 17.7 Å². The number of rotatable bonds is 4. The van der Waals surface area contributed by atoms with Crippen LogP contribution in [0, 0.1) is 19.8 Å². The molecule has 0 spiro atoms. The van der Waals surface area contributed by atoms with E-state index in [2.05, 4.69) is 30.4 Å². The summed E-state index contributed by atoms with van der Waals surface area (Å²) in [6.45, 7) is 4.93. The predicted octanol–water partition coefficient (Wildman–Crippen LogP) is 5.05. The van der Waals surface area contributed by atoms with Gasteiger partial charge in [0.1, 0.15) is 5.76 Å². The molecule has 1 fully saturated rings. The molecule has 1 aliphatic rings. The Balaban J connectivity index is 1.44. The lowest BCUT2D eigenvalue weighted by molar-refractivity contribution is -0.121. The van der Waals surface area contributed by atoms with E-state index >= 15 is 0 Å². The molecule has 1 saturated heterocycles. The number of carbonyl (C=O) groups excluding carboxylic acids is 2. The van der Waals surface area contributed by atoms with Crippen LogP contribution in [0.25, 0.3) is 11.1 Å². The second-order valence-electron chi connectivity index (χ2n) is 7.92. The maximum absolute atomic E-state index is 12.9. The molecule has 1 N–H and O–H groups in total. The van der Waals surface area contributed by atoms with Gasteiger partial charge in [-0.1, -0.05) is 42.0 Å². The fourth-order valence-electron chi connectivity index (χ4n) is 4.00. The maximum atomic E-state index is 12.9. The number of anilines is 1. The van der Waals surface area contributed by atoms with Gasteiger partial charge in [0.25, 0.3) is 5.91 Å². The Morgan fingerprint density at radius 1 is 1.03 bits per heavy atom. The Hall–Kier alpha value is -3.34. The van der Waals surface area contributed by atoms with Gasteiger partial charge in [-0.25, -0.2) is 0 Å². The van der Waals surface area contributed by atoms with E-state index in [4.69, 9.17) is 4.42 Å². The summed E-state index contributed by atoms with van der Waals surface area (Å²) >= 11 is 0. The highest BCUT2D eigenvalue weighted by atomic mass is 16.3. The lowest BCUT2D eigenvalue weighted by atomic mass is 9.96. The maximum Gasteiger partial charge on any atom is 0.257 e. The Kier molecular flexibility index (Phi) is 5.70. The molecule has 5 nitrogen and oxygen atoms in total. The van der Waals surface area contributed by atoms with Gasteiger partial charge in [-0.15, -0.1) is 0 Å². The largest absolute Gasteiger partial charge is 0.469 e. The number of piperidine rings is 1. The molecular formula is C25H26N2O3. The summed E-state index contributed by atoms with van der Waals surface area (Å²) < 4.78 is 5.26. The van der Waals surface area contributed by atoms with E-state index < -0.39 is 0 Å². The number of nitrogens with zero attached hydrogens (tertiary/aromatic N) is 1. The molecule has 0 aliphatic carbocycles. The summed E-state index contributed by atoms with van der Waals surface area (Å²) in [6.07, 6.45) is 3.11. The van der Waals surface area contributed by atoms with Gasteiger partial charge >= 0.3 is 0 Å². The summed E-state index contributed by atoms with van der Waals surface area (Å²) in [7, 11) is 0. The van der Waals surface area contributed by atoms with Crippen molar-refractivity contribution in [2.24, 2.45) is 5.92 Å². The number of hydrogen-bond acceptors (Lipinski definition) is 3. The first kappa shape index (κ1) is 20.0. The molecule has 30 heavy (non-hydrogen) atoms. The van der Waals surface area contributed by atoms with Crippen molar-refractivity contribution in [1.29, 1.82) is 0 Å². The third-order valence-electron chi connectivity index (χ3n) is 5.65. The topological polar surface area (TPSA) is 62.6 Å². The zero-order valence-electron chi connectivity index (χ0n) is 17.4. The first-order chi connectivity index (χ1) is 14.5. The Morgan fingerprint density at radius 3 is 2.53 bits per heavy atom. The number of aryl methyl sites for hydroxylation is 2. The van der Waals surface area contributed by atoms with E-state index in [1.165, 1.54) is 11.8 Å². The molecule has 5 heteroatoms. The SMILES string of the molecule is Cc1cccc(-c2cccc(NC(=O)[C@@H]3CCCN(C(=O)c4ccoc4C)C3)c2)c1. The van der Waals surface area contributed by atoms with Gasteiger partial charge in [-0.2, -0.15) is 0 Å². The van der Waals surface area contributed by atoms with E-state index in [9.17, 15) is 9.59 Å². The van der Waals surface area contributed by atoms with E-state index in [0.29, 0.717) is 24.4 Å². The summed E-state index contributed by atoms with van der Waals surface area (Å²) in [5.74, 6) is 0.273. The van der Waals surface area contributed by atoms with Crippen molar-refractivity contribution in [3.8, 4) is 11.1 Å². The van der Waals surface area contributed by atoms with Crippen LogP contribution in [0.5, 0.6) is 0 Å². The van der Waals surface area contributed by atoms with E-state index in [1.807, 2.05) is 30.3 Å². The molecule has 3 aromatic rings. The second kappa shape index (κ2) is 8.57. The fourth-order valence-corrected chi connectivity index (χ4v) is 4.00. The number of likely N-dealkylation sites (tertiary alicyclic amines) is 1. The van der Waals surface area contributed by atoms with Crippen LogP contribution in [0.15, 0.2) is 65.3 Å². The number of furan rings is 1. The van der Waals surface area contributed by atoms with Crippen molar-refractivity contribution in [3.63, 3.8) is 0 Å². The number of nitrogens with one attached hydrogen (secondary N) is 1. The third-order valence-corrected chi connectivity index (χ3v) is 5.65. The van der Waals surface area contributed by atoms with Crippen LogP contribution in [0.3, 0.4) is 0 Å². The zero-order valence-corrected chi connectivity index (χ0v) is 17.4.